The molecule has 1 atom stereocenters. The summed E-state index contributed by atoms with van der Waals surface area (Å²) in [6, 6.07) is 0. The first-order valence-electron chi connectivity index (χ1n) is 9.19. The third-order valence-electron chi connectivity index (χ3n) is 4.16. The number of rotatable bonds is 16. The molecule has 0 heterocycles. The summed E-state index contributed by atoms with van der Waals surface area (Å²) in [5, 5.41) is 9.32. The van der Waals surface area contributed by atoms with Gasteiger partial charge in [0.15, 0.2) is 0 Å². The highest BCUT2D eigenvalue weighted by Crippen LogP contribution is 2.13. The zero-order chi connectivity index (χ0) is 14.9. The van der Waals surface area contributed by atoms with Crippen LogP contribution in [0.2, 0.25) is 0 Å². The molecular weight excluding hydrogens is 246 g/mol. The van der Waals surface area contributed by atoms with Crippen molar-refractivity contribution in [2.45, 2.75) is 109 Å². The van der Waals surface area contributed by atoms with Crippen LogP contribution in [-0.4, -0.2) is 17.8 Å². The molecule has 0 saturated carbocycles. The lowest BCUT2D eigenvalue weighted by Gasteiger charge is -2.06. The largest absolute Gasteiger partial charge is 0.392 e. The number of hydrogen-bond acceptors (Lipinski definition) is 2. The van der Waals surface area contributed by atoms with Crippen molar-refractivity contribution in [2.24, 2.45) is 5.73 Å². The predicted octanol–water partition coefficient (Wildman–Crippen LogP) is 5.18. The van der Waals surface area contributed by atoms with Gasteiger partial charge in [0.25, 0.3) is 0 Å². The molecule has 0 aliphatic heterocycles. The van der Waals surface area contributed by atoms with Gasteiger partial charge in [-0.25, -0.2) is 0 Å². The van der Waals surface area contributed by atoms with Crippen LogP contribution in [0, 0.1) is 0 Å². The second-order valence-corrected chi connectivity index (χ2v) is 6.27. The van der Waals surface area contributed by atoms with Gasteiger partial charge in [-0.2, -0.15) is 0 Å². The first-order chi connectivity index (χ1) is 9.81. The van der Waals surface area contributed by atoms with E-state index < -0.39 is 0 Å². The lowest BCUT2D eigenvalue weighted by molar-refractivity contribution is 0.168. The molecule has 20 heavy (non-hydrogen) atoms. The quantitative estimate of drug-likeness (QED) is 0.384. The minimum atomic E-state index is -0.271. The summed E-state index contributed by atoms with van der Waals surface area (Å²) >= 11 is 0. The number of hydrogen-bond donors (Lipinski definition) is 2. The Kier molecular flexibility index (Phi) is 16.9. The van der Waals surface area contributed by atoms with Crippen LogP contribution in [0.1, 0.15) is 103 Å². The van der Waals surface area contributed by atoms with Gasteiger partial charge >= 0.3 is 0 Å². The summed E-state index contributed by atoms with van der Waals surface area (Å²) in [4.78, 5) is 0. The minimum Gasteiger partial charge on any atom is -0.392 e. The second kappa shape index (κ2) is 17.0. The molecule has 0 fully saturated rings. The SMILES string of the molecule is CCCCCCCCCCCCCCCCC(O)CN. The van der Waals surface area contributed by atoms with Crippen LogP contribution in [0.25, 0.3) is 0 Å². The van der Waals surface area contributed by atoms with Crippen molar-refractivity contribution in [3.05, 3.63) is 0 Å². The Labute approximate surface area is 127 Å². The maximum absolute atomic E-state index is 9.32. The molecule has 0 radical (unpaired) electrons. The summed E-state index contributed by atoms with van der Waals surface area (Å²) in [5.74, 6) is 0. The number of aliphatic hydroxyl groups excluding tert-OH is 1. The summed E-state index contributed by atoms with van der Waals surface area (Å²) in [6.07, 6.45) is 19.9. The standard InChI is InChI=1S/C18H39NO/c1-2-3-4-5-6-7-8-9-10-11-12-13-14-15-16-18(20)17-19/h18,20H,2-17,19H2,1H3. The van der Waals surface area contributed by atoms with Gasteiger partial charge in [0, 0.05) is 6.54 Å². The van der Waals surface area contributed by atoms with Gasteiger partial charge in [-0.15, -0.1) is 0 Å². The van der Waals surface area contributed by atoms with Crippen molar-refractivity contribution < 1.29 is 5.11 Å². The van der Waals surface area contributed by atoms with Crippen molar-refractivity contribution in [2.75, 3.05) is 6.54 Å². The van der Waals surface area contributed by atoms with E-state index in [1.54, 1.807) is 0 Å². The molecule has 0 aromatic carbocycles. The fraction of sp³-hybridized carbons (Fsp3) is 1.00. The minimum absolute atomic E-state index is 0.271. The molecule has 0 aromatic rings. The van der Waals surface area contributed by atoms with Gasteiger partial charge in [-0.1, -0.05) is 96.8 Å². The Bertz CT molecular complexity index is 173. The Morgan fingerprint density at radius 3 is 1.35 bits per heavy atom. The topological polar surface area (TPSA) is 46.2 Å². The fourth-order valence-corrected chi connectivity index (χ4v) is 2.69. The van der Waals surface area contributed by atoms with Crippen molar-refractivity contribution in [3.8, 4) is 0 Å². The maximum atomic E-state index is 9.32. The molecule has 0 amide bonds. The van der Waals surface area contributed by atoms with Gasteiger partial charge in [-0.05, 0) is 6.42 Å². The monoisotopic (exact) mass is 285 g/mol. The number of aliphatic hydroxyl groups is 1. The lowest BCUT2D eigenvalue weighted by atomic mass is 10.0. The Morgan fingerprint density at radius 2 is 1.00 bits per heavy atom. The van der Waals surface area contributed by atoms with E-state index >= 15 is 0 Å². The van der Waals surface area contributed by atoms with E-state index in [-0.39, 0.29) is 6.10 Å². The van der Waals surface area contributed by atoms with Crippen molar-refractivity contribution >= 4 is 0 Å². The lowest BCUT2D eigenvalue weighted by Crippen LogP contribution is -2.19. The molecule has 0 bridgehead atoms. The van der Waals surface area contributed by atoms with Crippen LogP contribution in [0.4, 0.5) is 0 Å². The van der Waals surface area contributed by atoms with E-state index in [0.29, 0.717) is 6.54 Å². The first kappa shape index (κ1) is 19.9. The Balaban J connectivity index is 2.96. The summed E-state index contributed by atoms with van der Waals surface area (Å²) in [7, 11) is 0. The van der Waals surface area contributed by atoms with Gasteiger partial charge in [0.1, 0.15) is 0 Å². The molecule has 0 spiro atoms. The van der Waals surface area contributed by atoms with Crippen molar-refractivity contribution in [1.82, 2.24) is 0 Å². The van der Waals surface area contributed by atoms with Gasteiger partial charge < -0.3 is 10.8 Å². The molecule has 2 heteroatoms. The average Bonchev–Trinajstić information content (AvgIpc) is 2.47. The van der Waals surface area contributed by atoms with Crippen LogP contribution in [0.15, 0.2) is 0 Å². The third-order valence-corrected chi connectivity index (χ3v) is 4.16. The molecule has 3 N–H and O–H groups in total. The molecule has 122 valence electrons. The summed E-state index contributed by atoms with van der Waals surface area (Å²) in [5.41, 5.74) is 5.38. The molecule has 2 nitrogen and oxygen atoms in total. The highest BCUT2D eigenvalue weighted by atomic mass is 16.3. The second-order valence-electron chi connectivity index (χ2n) is 6.27. The molecule has 0 aliphatic rings. The van der Waals surface area contributed by atoms with Crippen molar-refractivity contribution in [3.63, 3.8) is 0 Å². The highest BCUT2D eigenvalue weighted by molar-refractivity contribution is 4.56. The van der Waals surface area contributed by atoms with Crippen LogP contribution >= 0.6 is 0 Å². The van der Waals surface area contributed by atoms with E-state index in [0.717, 1.165) is 12.8 Å². The maximum Gasteiger partial charge on any atom is 0.0662 e. The molecule has 0 aliphatic carbocycles. The van der Waals surface area contributed by atoms with E-state index in [4.69, 9.17) is 5.73 Å². The van der Waals surface area contributed by atoms with E-state index in [2.05, 4.69) is 6.92 Å². The van der Waals surface area contributed by atoms with Crippen LogP contribution in [0.3, 0.4) is 0 Å². The molecule has 0 aromatic heterocycles. The van der Waals surface area contributed by atoms with Crippen LogP contribution in [-0.2, 0) is 0 Å². The van der Waals surface area contributed by atoms with Gasteiger partial charge in [0.2, 0.25) is 0 Å². The average molecular weight is 286 g/mol. The number of nitrogens with two attached hydrogens (primary N) is 1. The number of unbranched alkanes of at least 4 members (excludes halogenated alkanes) is 13. The Hall–Kier alpha value is -0.0800. The molecule has 1 unspecified atom stereocenters. The predicted molar refractivity (Wildman–Crippen MR) is 90.0 cm³/mol. The van der Waals surface area contributed by atoms with E-state index in [1.807, 2.05) is 0 Å². The third kappa shape index (κ3) is 16.0. The smallest absolute Gasteiger partial charge is 0.0662 e. The fourth-order valence-electron chi connectivity index (χ4n) is 2.69. The van der Waals surface area contributed by atoms with E-state index in [9.17, 15) is 5.11 Å². The zero-order valence-corrected chi connectivity index (χ0v) is 13.9. The molecular formula is C18H39NO. The van der Waals surface area contributed by atoms with Gasteiger partial charge in [0.05, 0.1) is 6.10 Å². The summed E-state index contributed by atoms with van der Waals surface area (Å²) in [6.45, 7) is 2.69. The van der Waals surface area contributed by atoms with E-state index in [1.165, 1.54) is 83.5 Å². The zero-order valence-electron chi connectivity index (χ0n) is 13.9. The molecule has 0 saturated heterocycles. The van der Waals surface area contributed by atoms with Crippen LogP contribution < -0.4 is 5.73 Å². The van der Waals surface area contributed by atoms with Crippen LogP contribution in [0.5, 0.6) is 0 Å². The van der Waals surface area contributed by atoms with Gasteiger partial charge in [-0.3, -0.25) is 0 Å². The van der Waals surface area contributed by atoms with Crippen molar-refractivity contribution in [1.29, 1.82) is 0 Å². The summed E-state index contributed by atoms with van der Waals surface area (Å²) < 4.78 is 0. The Morgan fingerprint density at radius 1 is 0.650 bits per heavy atom. The molecule has 0 rings (SSSR count). The normalized spacial score (nSPS) is 12.8. The first-order valence-corrected chi connectivity index (χ1v) is 9.19. The highest BCUT2D eigenvalue weighted by Gasteiger charge is 1.99.